The van der Waals surface area contributed by atoms with Gasteiger partial charge in [-0.3, -0.25) is 9.59 Å². The van der Waals surface area contributed by atoms with Gasteiger partial charge in [0.05, 0.1) is 30.9 Å². The Balaban J connectivity index is 1.65. The van der Waals surface area contributed by atoms with Crippen molar-refractivity contribution in [3.8, 4) is 11.5 Å². The first-order chi connectivity index (χ1) is 15.4. The van der Waals surface area contributed by atoms with Crippen molar-refractivity contribution in [2.45, 2.75) is 16.2 Å². The summed E-state index contributed by atoms with van der Waals surface area (Å²) in [6.45, 7) is 0. The van der Waals surface area contributed by atoms with Gasteiger partial charge in [0.15, 0.2) is 15.5 Å². The Bertz CT molecular complexity index is 1290. The highest BCUT2D eigenvalue weighted by molar-refractivity contribution is 8.01. The van der Waals surface area contributed by atoms with E-state index in [2.05, 4.69) is 4.98 Å². The van der Waals surface area contributed by atoms with Crippen LogP contribution >= 0.6 is 46.9 Å². The molecule has 5 rings (SSSR count). The molecule has 3 atom stereocenters. The van der Waals surface area contributed by atoms with E-state index < -0.39 is 11.2 Å². The molecule has 10 heteroatoms. The molecule has 0 bridgehead atoms. The number of nitrogens with zero attached hydrogens (tertiary/aromatic N) is 1. The van der Waals surface area contributed by atoms with Crippen LogP contribution in [0.3, 0.4) is 0 Å². The Morgan fingerprint density at radius 3 is 2.44 bits per heavy atom. The van der Waals surface area contributed by atoms with Gasteiger partial charge in [0.1, 0.15) is 5.25 Å². The number of thiazole rings is 1. The number of aromatic amines is 1. The number of methoxy groups -OCH3 is 2. The quantitative estimate of drug-likeness (QED) is 0.385. The van der Waals surface area contributed by atoms with Crippen molar-refractivity contribution in [3.63, 3.8) is 0 Å². The SMILES string of the molecule is COc1ccc(C2c3sc(=S)[nH]c3SC3C(=O)N(c4ccc(Cl)cc4)C(=O)C32)cc1OC. The third-order valence-electron chi connectivity index (χ3n) is 5.68. The van der Waals surface area contributed by atoms with E-state index in [4.69, 9.17) is 33.3 Å². The molecule has 3 heterocycles. The van der Waals surface area contributed by atoms with Gasteiger partial charge in [-0.1, -0.05) is 29.4 Å². The van der Waals surface area contributed by atoms with Gasteiger partial charge in [0, 0.05) is 15.8 Å². The molecule has 1 N–H and O–H groups in total. The van der Waals surface area contributed by atoms with Gasteiger partial charge in [0.25, 0.3) is 0 Å². The van der Waals surface area contributed by atoms with E-state index in [1.165, 1.54) is 28.0 Å². The van der Waals surface area contributed by atoms with Crippen LogP contribution in [0.4, 0.5) is 5.69 Å². The zero-order valence-corrected chi connectivity index (χ0v) is 20.2. The summed E-state index contributed by atoms with van der Waals surface area (Å²) in [6, 6.07) is 12.3. The van der Waals surface area contributed by atoms with Crippen molar-refractivity contribution in [2.75, 3.05) is 19.1 Å². The number of fused-ring (bicyclic) bond motifs is 2. The highest BCUT2D eigenvalue weighted by atomic mass is 35.5. The predicted molar refractivity (Wildman–Crippen MR) is 128 cm³/mol. The molecule has 3 unspecified atom stereocenters. The van der Waals surface area contributed by atoms with Gasteiger partial charge in [-0.25, -0.2) is 4.90 Å². The number of hydrogen-bond donors (Lipinski definition) is 1. The maximum absolute atomic E-state index is 13.7. The third kappa shape index (κ3) is 3.35. The van der Waals surface area contributed by atoms with Crippen LogP contribution in [0.1, 0.15) is 16.4 Å². The van der Waals surface area contributed by atoms with E-state index in [-0.39, 0.29) is 17.7 Å². The molecule has 1 aromatic heterocycles. The second kappa shape index (κ2) is 8.22. The lowest BCUT2D eigenvalue weighted by Gasteiger charge is -2.30. The zero-order chi connectivity index (χ0) is 22.6. The molecule has 2 aliphatic rings. The summed E-state index contributed by atoms with van der Waals surface area (Å²) in [6.07, 6.45) is 0. The maximum atomic E-state index is 13.7. The van der Waals surface area contributed by atoms with E-state index in [0.717, 1.165) is 15.5 Å². The van der Waals surface area contributed by atoms with E-state index >= 15 is 0 Å². The Morgan fingerprint density at radius 1 is 1.03 bits per heavy atom. The molecule has 2 aromatic carbocycles. The van der Waals surface area contributed by atoms with Crippen molar-refractivity contribution in [2.24, 2.45) is 5.92 Å². The molecule has 0 radical (unpaired) electrons. The standard InChI is InChI=1S/C22H17ClN2O4S3/c1-28-13-8-3-10(9-14(13)29-2)15-16-18(31-19-17(15)32-22(30)24-19)21(27)25(20(16)26)12-6-4-11(23)5-7-12/h3-9,15-16,18H,1-2H3,(H,24,30). The van der Waals surface area contributed by atoms with E-state index in [1.807, 2.05) is 18.2 Å². The number of carbonyl (C=O) groups excluding carboxylic acids is 2. The highest BCUT2D eigenvalue weighted by Gasteiger charge is 2.56. The average Bonchev–Trinajstić information content (AvgIpc) is 3.28. The van der Waals surface area contributed by atoms with Gasteiger partial charge in [0.2, 0.25) is 11.8 Å². The minimum absolute atomic E-state index is 0.237. The summed E-state index contributed by atoms with van der Waals surface area (Å²) in [5.41, 5.74) is 1.38. The number of halogens is 1. The van der Waals surface area contributed by atoms with Crippen LogP contribution in [0, 0.1) is 9.87 Å². The minimum atomic E-state index is -0.574. The molecule has 1 saturated heterocycles. The number of amides is 2. The molecular weight excluding hydrogens is 488 g/mol. The summed E-state index contributed by atoms with van der Waals surface area (Å²) >= 11 is 14.2. The second-order valence-corrected chi connectivity index (χ2v) is 10.7. The summed E-state index contributed by atoms with van der Waals surface area (Å²) in [5, 5.41) is 0.807. The monoisotopic (exact) mass is 504 g/mol. The largest absolute Gasteiger partial charge is 0.493 e. The van der Waals surface area contributed by atoms with Crippen molar-refractivity contribution in [3.05, 3.63) is 61.9 Å². The number of rotatable bonds is 4. The average molecular weight is 505 g/mol. The fourth-order valence-electron chi connectivity index (χ4n) is 4.27. The third-order valence-corrected chi connectivity index (χ3v) is 8.68. The number of thioether (sulfide) groups is 1. The predicted octanol–water partition coefficient (Wildman–Crippen LogP) is 5.27. The first kappa shape index (κ1) is 21.5. The summed E-state index contributed by atoms with van der Waals surface area (Å²) in [5.74, 6) is -0.241. The van der Waals surface area contributed by atoms with Crippen molar-refractivity contribution in [1.29, 1.82) is 0 Å². The number of aromatic nitrogens is 1. The van der Waals surface area contributed by atoms with Crippen LogP contribution < -0.4 is 14.4 Å². The first-order valence-electron chi connectivity index (χ1n) is 9.68. The van der Waals surface area contributed by atoms with Crippen molar-refractivity contribution < 1.29 is 19.1 Å². The molecule has 2 aliphatic heterocycles. The fourth-order valence-corrected chi connectivity index (χ4v) is 7.35. The van der Waals surface area contributed by atoms with E-state index in [0.29, 0.717) is 26.2 Å². The van der Waals surface area contributed by atoms with Gasteiger partial charge in [-0.05, 0) is 54.2 Å². The summed E-state index contributed by atoms with van der Waals surface area (Å²) in [7, 11) is 3.14. The lowest BCUT2D eigenvalue weighted by atomic mass is 9.83. The highest BCUT2D eigenvalue weighted by Crippen LogP contribution is 2.54. The van der Waals surface area contributed by atoms with Crippen LogP contribution in [-0.4, -0.2) is 36.3 Å². The Kier molecular flexibility index (Phi) is 5.53. The minimum Gasteiger partial charge on any atom is -0.493 e. The fraction of sp³-hybridized carbons (Fsp3) is 0.227. The smallest absolute Gasteiger partial charge is 0.248 e. The van der Waals surface area contributed by atoms with Crippen LogP contribution in [0.2, 0.25) is 5.02 Å². The molecule has 1 fully saturated rings. The number of imide groups is 1. The van der Waals surface area contributed by atoms with Crippen molar-refractivity contribution in [1.82, 2.24) is 4.98 Å². The molecular formula is C22H17ClN2O4S3. The molecule has 2 amide bonds. The molecule has 32 heavy (non-hydrogen) atoms. The first-order valence-corrected chi connectivity index (χ1v) is 12.2. The number of ether oxygens (including phenoxy) is 2. The van der Waals surface area contributed by atoms with Crippen LogP contribution in [0.5, 0.6) is 11.5 Å². The lowest BCUT2D eigenvalue weighted by molar-refractivity contribution is -0.122. The Labute approximate surface area is 202 Å². The van der Waals surface area contributed by atoms with E-state index in [9.17, 15) is 9.59 Å². The number of H-pyrrole nitrogens is 1. The zero-order valence-electron chi connectivity index (χ0n) is 17.0. The molecule has 0 saturated carbocycles. The normalized spacial score (nSPS) is 22.0. The lowest BCUT2D eigenvalue weighted by Crippen LogP contribution is -2.32. The summed E-state index contributed by atoms with van der Waals surface area (Å²) < 4.78 is 11.5. The summed E-state index contributed by atoms with van der Waals surface area (Å²) in [4.78, 5) is 32.5. The Morgan fingerprint density at radius 2 is 1.75 bits per heavy atom. The van der Waals surface area contributed by atoms with Gasteiger partial charge in [-0.2, -0.15) is 0 Å². The second-order valence-electron chi connectivity index (χ2n) is 7.35. The van der Waals surface area contributed by atoms with Gasteiger partial charge >= 0.3 is 0 Å². The van der Waals surface area contributed by atoms with E-state index in [1.54, 1.807) is 38.5 Å². The van der Waals surface area contributed by atoms with Crippen LogP contribution in [0.25, 0.3) is 0 Å². The molecule has 6 nitrogen and oxygen atoms in total. The molecule has 164 valence electrons. The topological polar surface area (TPSA) is 71.6 Å². The molecule has 3 aromatic rings. The van der Waals surface area contributed by atoms with Gasteiger partial charge in [-0.15, -0.1) is 11.3 Å². The molecule has 0 aliphatic carbocycles. The Hall–Kier alpha value is -2.33. The van der Waals surface area contributed by atoms with Crippen molar-refractivity contribution >= 4 is 64.4 Å². The number of anilines is 1. The van der Waals surface area contributed by atoms with Crippen LogP contribution in [0.15, 0.2) is 47.5 Å². The number of hydrogen-bond acceptors (Lipinski definition) is 7. The van der Waals surface area contributed by atoms with Gasteiger partial charge < -0.3 is 14.5 Å². The maximum Gasteiger partial charge on any atom is 0.248 e. The van der Waals surface area contributed by atoms with Crippen LogP contribution in [-0.2, 0) is 9.59 Å². The number of nitrogens with one attached hydrogen (secondary N) is 1. The molecule has 0 spiro atoms. The number of carbonyl (C=O) groups is 2. The number of benzene rings is 2.